The van der Waals surface area contributed by atoms with Gasteiger partial charge in [0.1, 0.15) is 6.10 Å². The van der Waals surface area contributed by atoms with Crippen molar-refractivity contribution >= 4 is 22.1 Å². The Morgan fingerprint density at radius 2 is 1.76 bits per heavy atom. The van der Waals surface area contributed by atoms with E-state index in [0.29, 0.717) is 17.7 Å². The number of fused-ring (bicyclic) bond motifs is 1. The molecule has 34 heavy (non-hydrogen) atoms. The molecule has 1 atom stereocenters. The molecule has 5 nitrogen and oxygen atoms in total. The average molecular weight is 459 g/mol. The van der Waals surface area contributed by atoms with Gasteiger partial charge < -0.3 is 4.74 Å². The predicted octanol–water partition coefficient (Wildman–Crippen LogP) is 6.41. The number of nitrogens with zero attached hydrogens (tertiary/aromatic N) is 4. The van der Waals surface area contributed by atoms with Gasteiger partial charge in [-0.15, -0.1) is 11.3 Å². The fourth-order valence-corrected chi connectivity index (χ4v) is 4.65. The first-order chi connectivity index (χ1) is 16.8. The van der Waals surface area contributed by atoms with Gasteiger partial charge in [0.25, 0.3) is 0 Å². The summed E-state index contributed by atoms with van der Waals surface area (Å²) in [4.78, 5) is 9.45. The van der Waals surface area contributed by atoms with Crippen LogP contribution in [-0.4, -0.2) is 9.97 Å². The normalized spacial score (nSPS) is 11.6. The number of hydrogen-bond acceptors (Lipinski definition) is 6. The zero-order valence-electron chi connectivity index (χ0n) is 18.1. The number of pyridine rings is 1. The highest BCUT2D eigenvalue weighted by atomic mass is 32.1. The van der Waals surface area contributed by atoms with E-state index >= 15 is 0 Å². The van der Waals surface area contributed by atoms with Gasteiger partial charge in [-0.25, -0.2) is 0 Å². The Morgan fingerprint density at radius 1 is 0.882 bits per heavy atom. The topological polar surface area (TPSA) is 82.6 Å². The Morgan fingerprint density at radius 3 is 2.53 bits per heavy atom. The van der Waals surface area contributed by atoms with Crippen LogP contribution in [0.3, 0.4) is 0 Å². The van der Waals surface area contributed by atoms with E-state index in [4.69, 9.17) is 10.00 Å². The molecule has 1 unspecified atom stereocenters. The van der Waals surface area contributed by atoms with Crippen LogP contribution in [-0.2, 0) is 11.3 Å². The summed E-state index contributed by atoms with van der Waals surface area (Å²) in [7, 11) is 0. The number of rotatable bonds is 6. The second-order valence-corrected chi connectivity index (χ2v) is 8.64. The molecule has 5 rings (SSSR count). The largest absolute Gasteiger partial charge is 0.363 e. The van der Waals surface area contributed by atoms with Gasteiger partial charge in [-0.3, -0.25) is 9.97 Å². The van der Waals surface area contributed by atoms with Crippen molar-refractivity contribution in [3.05, 3.63) is 118 Å². The van der Waals surface area contributed by atoms with Crippen molar-refractivity contribution in [2.75, 3.05) is 0 Å². The van der Waals surface area contributed by atoms with Gasteiger partial charge in [-0.1, -0.05) is 36.4 Å². The summed E-state index contributed by atoms with van der Waals surface area (Å²) < 4.78 is 6.38. The molecule has 0 aliphatic heterocycles. The minimum Gasteiger partial charge on any atom is -0.363 e. The molecule has 5 aromatic rings. The lowest BCUT2D eigenvalue weighted by molar-refractivity contribution is 0.0689. The van der Waals surface area contributed by atoms with E-state index in [1.807, 2.05) is 67.0 Å². The van der Waals surface area contributed by atoms with Gasteiger partial charge in [-0.05, 0) is 52.4 Å². The molecule has 2 aromatic heterocycles. The highest BCUT2D eigenvalue weighted by molar-refractivity contribution is 7.09. The molecular weight excluding hydrogens is 440 g/mol. The third-order valence-electron chi connectivity index (χ3n) is 5.65. The Kier molecular flexibility index (Phi) is 6.09. The van der Waals surface area contributed by atoms with Crippen LogP contribution in [0.15, 0.2) is 90.8 Å². The second kappa shape index (κ2) is 9.64. The Hall–Kier alpha value is -4.36. The number of ether oxygens (including phenoxy) is 1. The van der Waals surface area contributed by atoms with Gasteiger partial charge >= 0.3 is 0 Å². The van der Waals surface area contributed by atoms with E-state index in [1.165, 1.54) is 11.3 Å². The van der Waals surface area contributed by atoms with Gasteiger partial charge in [-0.2, -0.15) is 10.5 Å². The molecule has 162 valence electrons. The molecular formula is C28H18N4OS. The zero-order chi connectivity index (χ0) is 23.3. The van der Waals surface area contributed by atoms with Crippen LogP contribution in [0.1, 0.15) is 33.2 Å². The maximum atomic E-state index is 9.84. The Labute approximate surface area is 201 Å². The smallest absolute Gasteiger partial charge is 0.119 e. The van der Waals surface area contributed by atoms with Crippen LogP contribution in [0.5, 0.6) is 0 Å². The minimum atomic E-state index is -0.341. The van der Waals surface area contributed by atoms with E-state index in [9.17, 15) is 5.26 Å². The third-order valence-corrected chi connectivity index (χ3v) is 6.47. The number of benzene rings is 3. The van der Waals surface area contributed by atoms with Gasteiger partial charge in [0.15, 0.2) is 0 Å². The summed E-state index contributed by atoms with van der Waals surface area (Å²) in [6.07, 6.45) is 5.07. The fourth-order valence-electron chi connectivity index (χ4n) is 3.96. The van der Waals surface area contributed by atoms with Gasteiger partial charge in [0.2, 0.25) is 0 Å². The summed E-state index contributed by atoms with van der Waals surface area (Å²) in [5, 5.41) is 20.9. The molecule has 0 spiro atoms. The second-order valence-electron chi connectivity index (χ2n) is 7.72. The monoisotopic (exact) mass is 458 g/mol. The molecule has 0 saturated carbocycles. The number of aromatic nitrogens is 2. The van der Waals surface area contributed by atoms with Crippen molar-refractivity contribution in [2.24, 2.45) is 0 Å². The molecule has 0 saturated heterocycles. The molecule has 0 radical (unpaired) electrons. The standard InChI is InChI=1S/C28H18N4OS/c29-13-19-4-6-20(7-5-19)17-33-28(27-16-32-18-34-27)21-8-9-22(14-30)26(12-21)25-3-1-2-23-15-31-11-10-24(23)25/h1-12,15-16,18,28H,17H2. The van der Waals surface area contributed by atoms with E-state index in [2.05, 4.69) is 22.1 Å². The lowest BCUT2D eigenvalue weighted by Crippen LogP contribution is -2.06. The van der Waals surface area contributed by atoms with Crippen LogP contribution in [0.2, 0.25) is 0 Å². The van der Waals surface area contributed by atoms with Gasteiger partial charge in [0.05, 0.1) is 40.3 Å². The van der Waals surface area contributed by atoms with Crippen molar-refractivity contribution in [3.8, 4) is 23.3 Å². The number of hydrogen-bond donors (Lipinski definition) is 0. The molecule has 0 aliphatic carbocycles. The van der Waals surface area contributed by atoms with Crippen molar-refractivity contribution in [1.82, 2.24) is 9.97 Å². The molecule has 0 amide bonds. The SMILES string of the molecule is N#Cc1ccc(COC(c2ccc(C#N)c(-c3cccc4cnccc34)c2)c2cncs2)cc1. The van der Waals surface area contributed by atoms with Crippen molar-refractivity contribution in [1.29, 1.82) is 10.5 Å². The Balaban J connectivity index is 1.55. The first-order valence-corrected chi connectivity index (χ1v) is 11.5. The first-order valence-electron chi connectivity index (χ1n) is 10.6. The van der Waals surface area contributed by atoms with Crippen molar-refractivity contribution in [2.45, 2.75) is 12.7 Å². The summed E-state index contributed by atoms with van der Waals surface area (Å²) in [5.41, 5.74) is 6.76. The first kappa shape index (κ1) is 21.5. The summed E-state index contributed by atoms with van der Waals surface area (Å²) >= 11 is 1.53. The summed E-state index contributed by atoms with van der Waals surface area (Å²) in [6, 6.07) is 25.7. The molecule has 0 N–H and O–H groups in total. The van der Waals surface area contributed by atoms with Crippen LogP contribution < -0.4 is 0 Å². The zero-order valence-corrected chi connectivity index (χ0v) is 18.9. The number of nitriles is 2. The molecule has 0 fully saturated rings. The van der Waals surface area contributed by atoms with E-state index in [0.717, 1.165) is 37.9 Å². The van der Waals surface area contributed by atoms with E-state index in [-0.39, 0.29) is 6.10 Å². The van der Waals surface area contributed by atoms with Crippen LogP contribution >= 0.6 is 11.3 Å². The van der Waals surface area contributed by atoms with Crippen LogP contribution in [0, 0.1) is 22.7 Å². The van der Waals surface area contributed by atoms with Gasteiger partial charge in [0, 0.05) is 29.5 Å². The molecule has 3 aromatic carbocycles. The molecule has 0 aliphatic rings. The quantitative estimate of drug-likeness (QED) is 0.294. The maximum absolute atomic E-state index is 9.84. The van der Waals surface area contributed by atoms with Crippen molar-refractivity contribution in [3.63, 3.8) is 0 Å². The molecule has 0 bridgehead atoms. The summed E-state index contributed by atoms with van der Waals surface area (Å²) in [5.74, 6) is 0. The molecule has 2 heterocycles. The van der Waals surface area contributed by atoms with Crippen LogP contribution in [0.4, 0.5) is 0 Å². The molecule has 6 heteroatoms. The minimum absolute atomic E-state index is 0.341. The average Bonchev–Trinajstić information content (AvgIpc) is 3.43. The highest BCUT2D eigenvalue weighted by Crippen LogP contribution is 2.36. The Bertz CT molecular complexity index is 1520. The lowest BCUT2D eigenvalue weighted by atomic mass is 9.93. The van der Waals surface area contributed by atoms with Crippen LogP contribution in [0.25, 0.3) is 21.9 Å². The highest BCUT2D eigenvalue weighted by Gasteiger charge is 2.20. The van der Waals surface area contributed by atoms with E-state index in [1.54, 1.807) is 23.8 Å². The maximum Gasteiger partial charge on any atom is 0.119 e. The van der Waals surface area contributed by atoms with Crippen molar-refractivity contribution < 1.29 is 4.74 Å². The number of thiazole rings is 1. The van der Waals surface area contributed by atoms with E-state index < -0.39 is 0 Å². The predicted molar refractivity (Wildman–Crippen MR) is 132 cm³/mol. The third kappa shape index (κ3) is 4.29. The fraction of sp³-hybridized carbons (Fsp3) is 0.0714. The lowest BCUT2D eigenvalue weighted by Gasteiger charge is -2.19. The summed E-state index contributed by atoms with van der Waals surface area (Å²) in [6.45, 7) is 0.379.